The Balaban J connectivity index is 1.99. The Kier molecular flexibility index (Phi) is 3.31. The number of cyclic esters (lactones) is 1. The zero-order chi connectivity index (χ0) is 14.8. The first kappa shape index (κ1) is 13.2. The number of nitrogens with zero attached hydrogens (tertiary/aromatic N) is 2. The number of hydrogen-bond donors (Lipinski definition) is 1. The van der Waals surface area contributed by atoms with Gasteiger partial charge in [-0.25, -0.2) is 14.8 Å². The van der Waals surface area contributed by atoms with Crippen LogP contribution in [0.1, 0.15) is 22.1 Å². The number of rotatable bonds is 4. The molecule has 1 aliphatic rings. The lowest BCUT2D eigenvalue weighted by Gasteiger charge is -2.13. The van der Waals surface area contributed by atoms with Crippen molar-refractivity contribution in [2.75, 3.05) is 19.5 Å². The number of hydrogen-bond acceptors (Lipinski definition) is 7. The van der Waals surface area contributed by atoms with Crippen molar-refractivity contribution in [2.24, 2.45) is 0 Å². The normalized spacial score (nSPS) is 16.1. The van der Waals surface area contributed by atoms with Gasteiger partial charge in [0.2, 0.25) is 12.2 Å². The maximum atomic E-state index is 12.1. The van der Waals surface area contributed by atoms with Crippen LogP contribution >= 0.6 is 0 Å². The molecule has 2 heterocycles. The monoisotopic (exact) mass is 287 g/mol. The first-order valence-electron chi connectivity index (χ1n) is 6.24. The first-order chi connectivity index (χ1) is 10.2. The van der Waals surface area contributed by atoms with Crippen LogP contribution in [0.25, 0.3) is 0 Å². The van der Waals surface area contributed by atoms with Gasteiger partial charge >= 0.3 is 5.97 Å². The van der Waals surface area contributed by atoms with Crippen LogP contribution in [0.2, 0.25) is 0 Å². The molecule has 7 heteroatoms. The van der Waals surface area contributed by atoms with Crippen LogP contribution in [0.4, 0.5) is 5.95 Å². The van der Waals surface area contributed by atoms with Crippen LogP contribution in [0.15, 0.2) is 30.6 Å². The molecule has 3 rings (SSSR count). The molecule has 1 aliphatic heterocycles. The maximum Gasteiger partial charge on any atom is 0.344 e. The Morgan fingerprint density at radius 2 is 1.95 bits per heavy atom. The highest BCUT2D eigenvalue weighted by Gasteiger charge is 2.36. The van der Waals surface area contributed by atoms with Crippen LogP contribution < -0.4 is 14.8 Å². The molecule has 1 N–H and O–H groups in total. The number of benzene rings is 1. The molecule has 1 atom stereocenters. The highest BCUT2D eigenvalue weighted by atomic mass is 16.6. The Morgan fingerprint density at radius 3 is 2.62 bits per heavy atom. The summed E-state index contributed by atoms with van der Waals surface area (Å²) in [6, 6.07) is 5.18. The zero-order valence-corrected chi connectivity index (χ0v) is 11.5. The summed E-state index contributed by atoms with van der Waals surface area (Å²) in [5.74, 6) is 0.732. The van der Waals surface area contributed by atoms with Crippen LogP contribution in [-0.2, 0) is 4.74 Å². The van der Waals surface area contributed by atoms with Crippen molar-refractivity contribution in [2.45, 2.75) is 6.23 Å². The van der Waals surface area contributed by atoms with Crippen LogP contribution in [-0.4, -0.2) is 30.2 Å². The average Bonchev–Trinajstić information content (AvgIpc) is 2.83. The predicted octanol–water partition coefficient (Wildman–Crippen LogP) is 1.77. The van der Waals surface area contributed by atoms with Crippen molar-refractivity contribution >= 4 is 11.9 Å². The Bertz CT molecular complexity index is 675. The number of methoxy groups -OCH3 is 2. The van der Waals surface area contributed by atoms with E-state index in [1.54, 1.807) is 30.6 Å². The van der Waals surface area contributed by atoms with E-state index in [1.165, 1.54) is 14.2 Å². The van der Waals surface area contributed by atoms with Gasteiger partial charge < -0.3 is 19.5 Å². The molecule has 0 saturated heterocycles. The Hall–Kier alpha value is -2.83. The standard InChI is InChI=1S/C14H13N3O4/c1-19-9-5-4-8-10(11(9)20-2)13(18)21-12(8)17-14-15-6-3-7-16-14/h3-7,12H,1-2H3,(H,15,16,17)/t12-/m1/s1. The molecule has 0 radical (unpaired) electrons. The molecule has 0 spiro atoms. The van der Waals surface area contributed by atoms with Crippen molar-refractivity contribution in [3.63, 3.8) is 0 Å². The summed E-state index contributed by atoms with van der Waals surface area (Å²) in [4.78, 5) is 20.2. The molecule has 0 bridgehead atoms. The second-order valence-electron chi connectivity index (χ2n) is 4.27. The number of carbonyl (C=O) groups excluding carboxylic acids is 1. The van der Waals surface area contributed by atoms with E-state index in [0.29, 0.717) is 28.6 Å². The minimum atomic E-state index is -0.658. The summed E-state index contributed by atoms with van der Waals surface area (Å²) in [6.45, 7) is 0. The fourth-order valence-electron chi connectivity index (χ4n) is 2.20. The molecule has 21 heavy (non-hydrogen) atoms. The van der Waals surface area contributed by atoms with Gasteiger partial charge in [-0.3, -0.25) is 0 Å². The van der Waals surface area contributed by atoms with E-state index in [2.05, 4.69) is 15.3 Å². The summed E-state index contributed by atoms with van der Waals surface area (Å²) in [7, 11) is 2.99. The first-order valence-corrected chi connectivity index (χ1v) is 6.24. The number of anilines is 1. The average molecular weight is 287 g/mol. The van der Waals surface area contributed by atoms with Gasteiger partial charge in [0.05, 0.1) is 14.2 Å². The summed E-state index contributed by atoms with van der Waals surface area (Å²) >= 11 is 0. The van der Waals surface area contributed by atoms with Crippen molar-refractivity contribution < 1.29 is 19.0 Å². The van der Waals surface area contributed by atoms with Crippen molar-refractivity contribution in [3.05, 3.63) is 41.7 Å². The molecule has 0 aliphatic carbocycles. The van der Waals surface area contributed by atoms with Gasteiger partial charge in [-0.15, -0.1) is 0 Å². The number of fused-ring (bicyclic) bond motifs is 1. The molecule has 0 fully saturated rings. The van der Waals surface area contributed by atoms with Gasteiger partial charge in [-0.2, -0.15) is 0 Å². The summed E-state index contributed by atoms with van der Waals surface area (Å²) in [5.41, 5.74) is 1.01. The smallest absolute Gasteiger partial charge is 0.344 e. The third kappa shape index (κ3) is 2.22. The maximum absolute atomic E-state index is 12.1. The molecule has 2 aromatic rings. The molecule has 7 nitrogen and oxygen atoms in total. The Labute approximate surface area is 120 Å². The van der Waals surface area contributed by atoms with Crippen molar-refractivity contribution in [1.29, 1.82) is 0 Å². The number of esters is 1. The lowest BCUT2D eigenvalue weighted by atomic mass is 10.1. The fourth-order valence-corrected chi connectivity index (χ4v) is 2.20. The van der Waals surface area contributed by atoms with Gasteiger partial charge in [-0.05, 0) is 18.2 Å². The highest BCUT2D eigenvalue weighted by Crippen LogP contribution is 2.41. The van der Waals surface area contributed by atoms with Gasteiger partial charge in [0.1, 0.15) is 5.56 Å². The van der Waals surface area contributed by atoms with Crippen molar-refractivity contribution in [1.82, 2.24) is 9.97 Å². The molecule has 0 saturated carbocycles. The third-order valence-corrected chi connectivity index (χ3v) is 3.12. The number of nitrogens with one attached hydrogen (secondary N) is 1. The molecule has 1 aromatic carbocycles. The lowest BCUT2D eigenvalue weighted by molar-refractivity contribution is 0.0434. The Morgan fingerprint density at radius 1 is 1.19 bits per heavy atom. The van der Waals surface area contributed by atoms with E-state index in [-0.39, 0.29) is 0 Å². The van der Waals surface area contributed by atoms with E-state index in [1.807, 2.05) is 0 Å². The molecular formula is C14H13N3O4. The van der Waals surface area contributed by atoms with E-state index in [9.17, 15) is 4.79 Å². The molecule has 1 aromatic heterocycles. The van der Waals surface area contributed by atoms with Gasteiger partial charge in [0, 0.05) is 18.0 Å². The van der Waals surface area contributed by atoms with E-state index in [4.69, 9.17) is 14.2 Å². The summed E-state index contributed by atoms with van der Waals surface area (Å²) in [6.07, 6.45) is 2.54. The number of ether oxygens (including phenoxy) is 3. The minimum Gasteiger partial charge on any atom is -0.493 e. The molecule has 108 valence electrons. The highest BCUT2D eigenvalue weighted by molar-refractivity contribution is 5.98. The molecule has 0 unspecified atom stereocenters. The van der Waals surface area contributed by atoms with E-state index in [0.717, 1.165) is 0 Å². The summed E-state index contributed by atoms with van der Waals surface area (Å²) in [5, 5.41) is 2.95. The van der Waals surface area contributed by atoms with Crippen molar-refractivity contribution in [3.8, 4) is 11.5 Å². The molecule has 0 amide bonds. The SMILES string of the molecule is COc1ccc2c(c1OC)C(=O)O[C@H]2Nc1ncccn1. The topological polar surface area (TPSA) is 82.6 Å². The second-order valence-corrected chi connectivity index (χ2v) is 4.27. The van der Waals surface area contributed by atoms with Gasteiger partial charge in [0.25, 0.3) is 0 Å². The number of carbonyl (C=O) groups is 1. The molecular weight excluding hydrogens is 274 g/mol. The third-order valence-electron chi connectivity index (χ3n) is 3.12. The minimum absolute atomic E-state index is 0.352. The fraction of sp³-hybridized carbons (Fsp3) is 0.214. The summed E-state index contributed by atoms with van der Waals surface area (Å²) < 4.78 is 15.8. The van der Waals surface area contributed by atoms with E-state index >= 15 is 0 Å². The van der Waals surface area contributed by atoms with Crippen LogP contribution in [0.5, 0.6) is 11.5 Å². The van der Waals surface area contributed by atoms with E-state index < -0.39 is 12.2 Å². The van der Waals surface area contributed by atoms with Gasteiger partial charge in [-0.1, -0.05) is 0 Å². The largest absolute Gasteiger partial charge is 0.493 e. The zero-order valence-electron chi connectivity index (χ0n) is 11.5. The number of aromatic nitrogens is 2. The quantitative estimate of drug-likeness (QED) is 0.858. The van der Waals surface area contributed by atoms with Crippen LogP contribution in [0, 0.1) is 0 Å². The lowest BCUT2D eigenvalue weighted by Crippen LogP contribution is -2.12. The van der Waals surface area contributed by atoms with Crippen LogP contribution in [0.3, 0.4) is 0 Å². The second kappa shape index (κ2) is 5.28. The van der Waals surface area contributed by atoms with Gasteiger partial charge in [0.15, 0.2) is 11.5 Å². The predicted molar refractivity (Wildman–Crippen MR) is 73.4 cm³/mol.